The number of allylic oxidation sites excluding steroid dienone is 1. The molecule has 4 rings (SSSR count). The lowest BCUT2D eigenvalue weighted by atomic mass is 10.0. The number of H-pyrrole nitrogens is 1. The molecular weight excluding hydrogens is 462 g/mol. The summed E-state index contributed by atoms with van der Waals surface area (Å²) in [4.78, 5) is 17.5. The Kier molecular flexibility index (Phi) is 10.4. The number of nitrogens with two attached hydrogens (primary N) is 2. The summed E-state index contributed by atoms with van der Waals surface area (Å²) in [6.07, 6.45) is 8.49. The second-order valence-electron chi connectivity index (χ2n) is 9.62. The average Bonchev–Trinajstić information content (AvgIpc) is 3.25. The highest BCUT2D eigenvalue weighted by molar-refractivity contribution is 5.84. The number of rotatable bonds is 7. The number of anilines is 1. The summed E-state index contributed by atoms with van der Waals surface area (Å²) >= 11 is 0. The van der Waals surface area contributed by atoms with Gasteiger partial charge in [-0.25, -0.2) is 0 Å². The highest BCUT2D eigenvalue weighted by atomic mass is 16.5. The zero-order valence-electron chi connectivity index (χ0n) is 22.5. The molecule has 1 aliphatic rings. The van der Waals surface area contributed by atoms with Gasteiger partial charge in [-0.2, -0.15) is 0 Å². The fourth-order valence-electron chi connectivity index (χ4n) is 4.53. The maximum Gasteiger partial charge on any atom is 0.237 e. The summed E-state index contributed by atoms with van der Waals surface area (Å²) in [5, 5.41) is 3.08. The first-order valence-corrected chi connectivity index (χ1v) is 12.8. The molecule has 0 bridgehead atoms. The van der Waals surface area contributed by atoms with Crippen LogP contribution in [0.25, 0.3) is 17.2 Å². The number of nitrogens with zero attached hydrogens (tertiary/aromatic N) is 1. The molecule has 198 valence electrons. The van der Waals surface area contributed by atoms with Crippen molar-refractivity contribution in [1.82, 2.24) is 15.2 Å². The summed E-state index contributed by atoms with van der Waals surface area (Å²) in [5.74, 6) is 1.49. The van der Waals surface area contributed by atoms with Crippen molar-refractivity contribution in [2.24, 2.45) is 5.73 Å². The van der Waals surface area contributed by atoms with Gasteiger partial charge in [-0.1, -0.05) is 60.2 Å². The number of carbonyl (C=O) groups excluding carboxylic acids is 1. The molecule has 1 amide bonds. The van der Waals surface area contributed by atoms with Crippen molar-refractivity contribution in [3.63, 3.8) is 0 Å². The predicted octanol–water partition coefficient (Wildman–Crippen LogP) is 4.38. The molecule has 0 saturated carbocycles. The van der Waals surface area contributed by atoms with Crippen molar-refractivity contribution in [2.45, 2.75) is 45.2 Å². The van der Waals surface area contributed by atoms with E-state index in [2.05, 4.69) is 28.3 Å². The van der Waals surface area contributed by atoms with Crippen molar-refractivity contribution >= 4 is 17.8 Å². The minimum atomic E-state index is -0.462. The highest BCUT2D eigenvalue weighted by Crippen LogP contribution is 2.35. The number of ether oxygens (including phenoxy) is 1. The van der Waals surface area contributed by atoms with Crippen molar-refractivity contribution in [3.8, 4) is 16.9 Å². The number of para-hydroxylation sites is 1. The minimum absolute atomic E-state index is 0.0268. The van der Waals surface area contributed by atoms with E-state index in [1.807, 2.05) is 74.7 Å². The molecule has 1 fully saturated rings. The van der Waals surface area contributed by atoms with Crippen LogP contribution in [-0.2, 0) is 11.2 Å². The van der Waals surface area contributed by atoms with Crippen LogP contribution >= 0.6 is 0 Å². The Hall–Kier alpha value is -3.55. The van der Waals surface area contributed by atoms with Crippen LogP contribution in [-0.4, -0.2) is 55.1 Å². The van der Waals surface area contributed by atoms with E-state index in [1.165, 1.54) is 5.56 Å². The first-order chi connectivity index (χ1) is 17.8. The fraction of sp³-hybridized carbons (Fsp3) is 0.367. The maximum atomic E-state index is 12.1. The number of aryl methyl sites for hydroxylation is 1. The second-order valence-corrected chi connectivity index (χ2v) is 9.62. The molecule has 1 aromatic heterocycles. The van der Waals surface area contributed by atoms with Crippen LogP contribution in [0.4, 0.5) is 5.82 Å². The van der Waals surface area contributed by atoms with Gasteiger partial charge >= 0.3 is 0 Å². The number of methoxy groups -OCH3 is 1. The largest absolute Gasteiger partial charge is 0.496 e. The Labute approximate surface area is 220 Å². The lowest BCUT2D eigenvalue weighted by molar-refractivity contribution is -0.123. The summed E-state index contributed by atoms with van der Waals surface area (Å²) in [6.45, 7) is 6.10. The molecule has 2 aromatic carbocycles. The van der Waals surface area contributed by atoms with Gasteiger partial charge in [0.25, 0.3) is 0 Å². The number of nitrogen functional groups attached to an aromatic ring is 1. The van der Waals surface area contributed by atoms with Gasteiger partial charge in [0.15, 0.2) is 0 Å². The molecule has 7 heteroatoms. The number of aromatic amines is 1. The van der Waals surface area contributed by atoms with E-state index in [9.17, 15) is 4.79 Å². The molecule has 0 spiro atoms. The zero-order chi connectivity index (χ0) is 26.8. The molecule has 0 radical (unpaired) electrons. The number of carbonyl (C=O) groups is 1. The van der Waals surface area contributed by atoms with E-state index < -0.39 is 6.04 Å². The predicted molar refractivity (Wildman–Crippen MR) is 153 cm³/mol. The molecule has 37 heavy (non-hydrogen) atoms. The molecule has 1 unspecified atom stereocenters. The molecular formula is C30H41N5O2. The van der Waals surface area contributed by atoms with Crippen LogP contribution in [0.2, 0.25) is 0 Å². The Bertz CT molecular complexity index is 1180. The lowest BCUT2D eigenvalue weighted by Gasteiger charge is -2.30. The number of nitrogens with one attached hydrogen (secondary N) is 2. The summed E-state index contributed by atoms with van der Waals surface area (Å²) in [5.41, 5.74) is 17.3. The number of aromatic nitrogens is 1. The first kappa shape index (κ1) is 28.0. The van der Waals surface area contributed by atoms with Gasteiger partial charge in [0.2, 0.25) is 5.91 Å². The normalized spacial score (nSPS) is 15.2. The Morgan fingerprint density at radius 3 is 2.59 bits per heavy atom. The molecule has 3 aromatic rings. The van der Waals surface area contributed by atoms with Crippen LogP contribution in [0, 0.1) is 6.92 Å². The molecule has 1 saturated heterocycles. The van der Waals surface area contributed by atoms with Crippen LogP contribution in [0.15, 0.2) is 60.8 Å². The van der Waals surface area contributed by atoms with E-state index >= 15 is 0 Å². The molecule has 0 aliphatic carbocycles. The minimum Gasteiger partial charge on any atom is -0.496 e. The third-order valence-electron chi connectivity index (χ3n) is 6.62. The number of benzene rings is 2. The second kappa shape index (κ2) is 13.7. The SMILES string of the molecule is C/C=C\c1c(-c2ccccc2OC)c[nH]c1N.Cc1cccc(CC(N)C(=O)NC2CCN(C)CC2)c1. The van der Waals surface area contributed by atoms with Gasteiger partial charge in [0.05, 0.1) is 13.2 Å². The van der Waals surface area contributed by atoms with Crippen molar-refractivity contribution < 1.29 is 9.53 Å². The van der Waals surface area contributed by atoms with Crippen molar-refractivity contribution in [3.05, 3.63) is 77.5 Å². The monoisotopic (exact) mass is 503 g/mol. The Morgan fingerprint density at radius 2 is 1.92 bits per heavy atom. The molecule has 2 heterocycles. The number of likely N-dealkylation sites (tertiary alicyclic amines) is 1. The summed E-state index contributed by atoms with van der Waals surface area (Å²) in [6, 6.07) is 15.9. The maximum absolute atomic E-state index is 12.1. The molecule has 6 N–H and O–H groups in total. The van der Waals surface area contributed by atoms with Gasteiger partial charge in [-0.05, 0) is 64.9 Å². The Morgan fingerprint density at radius 1 is 1.19 bits per heavy atom. The number of hydrogen-bond acceptors (Lipinski definition) is 5. The lowest BCUT2D eigenvalue weighted by Crippen LogP contribution is -2.49. The fourth-order valence-corrected chi connectivity index (χ4v) is 4.53. The Balaban J connectivity index is 0.000000208. The highest BCUT2D eigenvalue weighted by Gasteiger charge is 2.21. The van der Waals surface area contributed by atoms with Gasteiger partial charge in [0.1, 0.15) is 11.6 Å². The molecule has 1 atom stereocenters. The van der Waals surface area contributed by atoms with Crippen LogP contribution < -0.4 is 21.5 Å². The number of amides is 1. The number of hydrogen-bond donors (Lipinski definition) is 4. The third kappa shape index (κ3) is 7.97. The van der Waals surface area contributed by atoms with E-state index in [-0.39, 0.29) is 11.9 Å². The van der Waals surface area contributed by atoms with Crippen molar-refractivity contribution in [1.29, 1.82) is 0 Å². The third-order valence-corrected chi connectivity index (χ3v) is 6.62. The number of piperidine rings is 1. The quantitative estimate of drug-likeness (QED) is 0.383. The van der Waals surface area contributed by atoms with E-state index in [0.717, 1.165) is 53.9 Å². The summed E-state index contributed by atoms with van der Waals surface area (Å²) in [7, 11) is 3.78. The zero-order valence-corrected chi connectivity index (χ0v) is 22.5. The first-order valence-electron chi connectivity index (χ1n) is 12.8. The average molecular weight is 504 g/mol. The standard InChI is InChI=1S/C16H25N3O.C14H16N2O/c1-12-4-3-5-13(10-12)11-15(17)16(20)18-14-6-8-19(2)9-7-14;1-3-6-11-12(9-16-14(11)15)10-7-4-5-8-13(10)17-2/h3-5,10,14-15H,6-9,11,17H2,1-2H3,(H,18,20);3-9,16H,15H2,1-2H3/b;6-3-. The summed E-state index contributed by atoms with van der Waals surface area (Å²) < 4.78 is 5.36. The molecule has 1 aliphatic heterocycles. The molecule has 7 nitrogen and oxygen atoms in total. The van der Waals surface area contributed by atoms with Crippen molar-refractivity contribution in [2.75, 3.05) is 33.0 Å². The van der Waals surface area contributed by atoms with Gasteiger partial charge in [-0.15, -0.1) is 0 Å². The smallest absolute Gasteiger partial charge is 0.237 e. The van der Waals surface area contributed by atoms with E-state index in [0.29, 0.717) is 12.2 Å². The van der Waals surface area contributed by atoms with E-state index in [1.54, 1.807) is 7.11 Å². The van der Waals surface area contributed by atoms with E-state index in [4.69, 9.17) is 16.2 Å². The van der Waals surface area contributed by atoms with Crippen LogP contribution in [0.1, 0.15) is 36.5 Å². The van der Waals surface area contributed by atoms with Gasteiger partial charge < -0.3 is 31.4 Å². The van der Waals surface area contributed by atoms with Crippen LogP contribution in [0.5, 0.6) is 5.75 Å². The topological polar surface area (TPSA) is 109 Å². The van der Waals surface area contributed by atoms with Gasteiger partial charge in [-0.3, -0.25) is 4.79 Å². The van der Waals surface area contributed by atoms with Crippen LogP contribution in [0.3, 0.4) is 0 Å². The van der Waals surface area contributed by atoms with Gasteiger partial charge in [0, 0.05) is 28.9 Å².